The van der Waals surface area contributed by atoms with Gasteiger partial charge < -0.3 is 30.0 Å². The van der Waals surface area contributed by atoms with Gasteiger partial charge in [0.1, 0.15) is 23.1 Å². The quantitative estimate of drug-likeness (QED) is 0.239. The minimum atomic E-state index is -0.917. The van der Waals surface area contributed by atoms with E-state index >= 15 is 0 Å². The Labute approximate surface area is 228 Å². The van der Waals surface area contributed by atoms with E-state index in [-0.39, 0.29) is 17.7 Å². The Balaban J connectivity index is 1.62. The Kier molecular flexibility index (Phi) is 10.1. The average molecular weight is 537 g/mol. The van der Waals surface area contributed by atoms with Crippen molar-refractivity contribution in [2.45, 2.75) is 51.7 Å². The van der Waals surface area contributed by atoms with Crippen molar-refractivity contribution in [3.63, 3.8) is 0 Å². The molecule has 3 N–H and O–H groups in total. The Morgan fingerprint density at radius 1 is 0.974 bits per heavy atom. The van der Waals surface area contributed by atoms with Crippen LogP contribution in [0, 0.1) is 0 Å². The fourth-order valence-electron chi connectivity index (χ4n) is 3.93. The van der Waals surface area contributed by atoms with E-state index in [9.17, 15) is 19.5 Å². The highest BCUT2D eigenvalue weighted by atomic mass is 16.6. The normalized spacial score (nSPS) is 11.9. The number of amides is 2. The van der Waals surface area contributed by atoms with Crippen molar-refractivity contribution < 1.29 is 33.7 Å². The summed E-state index contributed by atoms with van der Waals surface area (Å²) in [6, 6.07) is 16.8. The Bertz CT molecular complexity index is 1290. The molecule has 0 saturated heterocycles. The van der Waals surface area contributed by atoms with Gasteiger partial charge >= 0.3 is 12.1 Å². The molecule has 2 amide bonds. The summed E-state index contributed by atoms with van der Waals surface area (Å²) in [7, 11) is 1.26. The Morgan fingerprint density at radius 3 is 2.41 bits per heavy atom. The maximum atomic E-state index is 13.1. The van der Waals surface area contributed by atoms with Crippen LogP contribution in [0.15, 0.2) is 60.7 Å². The van der Waals surface area contributed by atoms with Gasteiger partial charge in [-0.25, -0.2) is 9.59 Å². The number of hydrogen-bond donors (Lipinski definition) is 3. The zero-order chi connectivity index (χ0) is 28.4. The smallest absolute Gasteiger partial charge is 0.407 e. The van der Waals surface area contributed by atoms with Crippen LogP contribution in [0.4, 0.5) is 4.79 Å². The van der Waals surface area contributed by atoms with Crippen molar-refractivity contribution in [1.29, 1.82) is 0 Å². The number of alkyl carbamates (subject to hydrolysis) is 1. The van der Waals surface area contributed by atoms with Crippen molar-refractivity contribution in [2.75, 3.05) is 20.3 Å². The lowest BCUT2D eigenvalue weighted by Gasteiger charge is -2.19. The van der Waals surface area contributed by atoms with E-state index in [1.54, 1.807) is 18.2 Å². The summed E-state index contributed by atoms with van der Waals surface area (Å²) in [5.74, 6) is -0.846. The van der Waals surface area contributed by atoms with Crippen LogP contribution in [-0.4, -0.2) is 55.0 Å². The SMILES string of the molecule is COC(=O)[C@H](Cc1ccccc1)NC(=O)c1cc2cccc(OCCCCNC(=O)OC(C)(C)C)c2cc1O. The molecule has 1 atom stereocenters. The number of ether oxygens (including phenoxy) is 3. The maximum absolute atomic E-state index is 13.1. The number of esters is 1. The van der Waals surface area contributed by atoms with E-state index in [4.69, 9.17) is 14.2 Å². The predicted molar refractivity (Wildman–Crippen MR) is 148 cm³/mol. The summed E-state index contributed by atoms with van der Waals surface area (Å²) in [4.78, 5) is 37.1. The van der Waals surface area contributed by atoms with Gasteiger partial charge in [-0.1, -0.05) is 42.5 Å². The van der Waals surface area contributed by atoms with Gasteiger partial charge in [0.2, 0.25) is 0 Å². The van der Waals surface area contributed by atoms with Crippen molar-refractivity contribution in [2.24, 2.45) is 0 Å². The molecule has 0 aromatic heterocycles. The second kappa shape index (κ2) is 13.5. The molecule has 0 radical (unpaired) electrons. The molecule has 0 bridgehead atoms. The zero-order valence-corrected chi connectivity index (χ0v) is 22.8. The summed E-state index contributed by atoms with van der Waals surface area (Å²) in [5, 5.41) is 17.4. The summed E-state index contributed by atoms with van der Waals surface area (Å²) in [6.07, 6.45) is 1.18. The third kappa shape index (κ3) is 8.91. The van der Waals surface area contributed by atoms with Crippen molar-refractivity contribution in [3.05, 3.63) is 71.8 Å². The summed E-state index contributed by atoms with van der Waals surface area (Å²) >= 11 is 0. The number of methoxy groups -OCH3 is 1. The summed E-state index contributed by atoms with van der Waals surface area (Å²) < 4.78 is 16.0. The van der Waals surface area contributed by atoms with Crippen LogP contribution >= 0.6 is 0 Å². The number of rotatable bonds is 11. The number of benzene rings is 3. The molecule has 208 valence electrons. The summed E-state index contributed by atoms with van der Waals surface area (Å²) in [5.41, 5.74) is 0.354. The molecule has 0 aliphatic heterocycles. The molecule has 0 aliphatic rings. The standard InChI is InChI=1S/C30H36N2O7/c1-30(2,3)39-29(36)31-15-8-9-16-38-26-14-10-13-21-18-23(25(33)19-22(21)26)27(34)32-24(28(35)37-4)17-20-11-6-5-7-12-20/h5-7,10-14,18-19,24,33H,8-9,15-17H2,1-4H3,(H,31,36)(H,32,34)/t24-/m0/s1. The number of aromatic hydroxyl groups is 1. The zero-order valence-electron chi connectivity index (χ0n) is 22.8. The van der Waals surface area contributed by atoms with E-state index < -0.39 is 29.6 Å². The molecule has 0 aliphatic carbocycles. The highest BCUT2D eigenvalue weighted by Crippen LogP contribution is 2.32. The molecule has 0 spiro atoms. The third-order valence-electron chi connectivity index (χ3n) is 5.77. The van der Waals surface area contributed by atoms with Gasteiger partial charge in [-0.15, -0.1) is 0 Å². The molecule has 0 unspecified atom stereocenters. The first-order chi connectivity index (χ1) is 18.6. The topological polar surface area (TPSA) is 123 Å². The first kappa shape index (κ1) is 29.3. The molecule has 3 rings (SSSR count). The van der Waals surface area contributed by atoms with Gasteiger partial charge in [-0.3, -0.25) is 4.79 Å². The average Bonchev–Trinajstić information content (AvgIpc) is 2.89. The minimum absolute atomic E-state index is 0.0369. The monoisotopic (exact) mass is 536 g/mol. The van der Waals surface area contributed by atoms with E-state index in [1.807, 2.05) is 57.2 Å². The number of hydrogen-bond acceptors (Lipinski definition) is 7. The van der Waals surface area contributed by atoms with Crippen LogP contribution < -0.4 is 15.4 Å². The molecular weight excluding hydrogens is 500 g/mol. The number of unbranched alkanes of at least 4 members (excludes halogenated alkanes) is 1. The molecule has 0 saturated carbocycles. The second-order valence-electron chi connectivity index (χ2n) is 10.1. The van der Waals surface area contributed by atoms with Crippen LogP contribution in [0.5, 0.6) is 11.5 Å². The number of nitrogens with one attached hydrogen (secondary N) is 2. The fourth-order valence-corrected chi connectivity index (χ4v) is 3.93. The first-order valence-corrected chi connectivity index (χ1v) is 12.9. The van der Waals surface area contributed by atoms with Crippen molar-refractivity contribution >= 4 is 28.7 Å². The lowest BCUT2D eigenvalue weighted by Crippen LogP contribution is -2.43. The van der Waals surface area contributed by atoms with Crippen LogP contribution in [0.3, 0.4) is 0 Å². The molecule has 0 fully saturated rings. The summed E-state index contributed by atoms with van der Waals surface area (Å²) in [6.45, 7) is 6.29. The molecule has 9 nitrogen and oxygen atoms in total. The number of phenolic OH excluding ortho intramolecular Hbond substituents is 1. The van der Waals surface area contributed by atoms with Crippen LogP contribution in [-0.2, 0) is 20.7 Å². The van der Waals surface area contributed by atoms with Crippen LogP contribution in [0.25, 0.3) is 10.8 Å². The highest BCUT2D eigenvalue weighted by Gasteiger charge is 2.24. The van der Waals surface area contributed by atoms with Gasteiger partial charge in [0, 0.05) is 18.4 Å². The van der Waals surface area contributed by atoms with E-state index in [1.165, 1.54) is 13.2 Å². The third-order valence-corrected chi connectivity index (χ3v) is 5.77. The molecule has 3 aromatic carbocycles. The number of carbonyl (C=O) groups excluding carboxylic acids is 3. The Hall–Kier alpha value is -4.27. The molecule has 3 aromatic rings. The van der Waals surface area contributed by atoms with Gasteiger partial charge in [0.05, 0.1) is 19.3 Å². The maximum Gasteiger partial charge on any atom is 0.407 e. The second-order valence-corrected chi connectivity index (χ2v) is 10.1. The minimum Gasteiger partial charge on any atom is -0.507 e. The van der Waals surface area contributed by atoms with Gasteiger partial charge in [-0.05, 0) is 62.8 Å². The number of phenols is 1. The van der Waals surface area contributed by atoms with Crippen molar-refractivity contribution in [3.8, 4) is 11.5 Å². The van der Waals surface area contributed by atoms with Crippen molar-refractivity contribution in [1.82, 2.24) is 10.6 Å². The largest absolute Gasteiger partial charge is 0.507 e. The van der Waals surface area contributed by atoms with Gasteiger partial charge in [-0.2, -0.15) is 0 Å². The lowest BCUT2D eigenvalue weighted by molar-refractivity contribution is -0.142. The first-order valence-electron chi connectivity index (χ1n) is 12.9. The molecule has 39 heavy (non-hydrogen) atoms. The molecule has 9 heteroatoms. The van der Waals surface area contributed by atoms with E-state index in [0.29, 0.717) is 42.5 Å². The fraction of sp³-hybridized carbons (Fsp3) is 0.367. The number of fused-ring (bicyclic) bond motifs is 1. The predicted octanol–water partition coefficient (Wildman–Crippen LogP) is 4.74. The molecule has 0 heterocycles. The molecular formula is C30H36N2O7. The van der Waals surface area contributed by atoms with E-state index in [2.05, 4.69) is 10.6 Å². The van der Waals surface area contributed by atoms with Gasteiger partial charge in [0.25, 0.3) is 5.91 Å². The number of carbonyl (C=O) groups is 3. The Morgan fingerprint density at radius 2 is 1.72 bits per heavy atom. The van der Waals surface area contributed by atoms with E-state index in [0.717, 1.165) is 5.56 Å². The highest BCUT2D eigenvalue weighted by molar-refractivity contribution is 6.03. The van der Waals surface area contributed by atoms with Crippen LogP contribution in [0.1, 0.15) is 49.5 Å². The van der Waals surface area contributed by atoms with Gasteiger partial charge in [0.15, 0.2) is 0 Å². The lowest BCUT2D eigenvalue weighted by atomic mass is 10.0. The van der Waals surface area contributed by atoms with Crippen LogP contribution in [0.2, 0.25) is 0 Å².